The van der Waals surface area contributed by atoms with E-state index in [1.54, 1.807) is 12.4 Å². The number of nitrogens with zero attached hydrogens (tertiary/aromatic N) is 5. The molecule has 1 N–H and O–H groups in total. The number of rotatable bonds is 4. The zero-order valence-corrected chi connectivity index (χ0v) is 15.0. The molecule has 1 saturated heterocycles. The van der Waals surface area contributed by atoms with Gasteiger partial charge in [0.2, 0.25) is 5.95 Å². The lowest BCUT2D eigenvalue weighted by molar-refractivity contribution is 0.264. The quantitative estimate of drug-likeness (QED) is 0.909. The van der Waals surface area contributed by atoms with Crippen LogP contribution in [0.1, 0.15) is 0 Å². The number of hydrogen-bond acceptors (Lipinski definition) is 6. The van der Waals surface area contributed by atoms with Crippen LogP contribution in [0.15, 0.2) is 52.6 Å². The van der Waals surface area contributed by atoms with Gasteiger partial charge in [-0.25, -0.2) is 9.97 Å². The van der Waals surface area contributed by atoms with Gasteiger partial charge in [-0.3, -0.25) is 9.89 Å². The Morgan fingerprint density at radius 2 is 1.84 bits per heavy atom. The summed E-state index contributed by atoms with van der Waals surface area (Å²) >= 11 is 1.85. The van der Waals surface area contributed by atoms with Crippen molar-refractivity contribution < 1.29 is 0 Å². The largest absolute Gasteiger partial charge is 0.342 e. The molecule has 25 heavy (non-hydrogen) atoms. The molecule has 2 aliphatic heterocycles. The van der Waals surface area contributed by atoms with Crippen molar-refractivity contribution >= 4 is 29.2 Å². The van der Waals surface area contributed by atoms with Gasteiger partial charge in [-0.05, 0) is 18.2 Å². The first-order chi connectivity index (χ1) is 12.4. The molecule has 1 aromatic carbocycles. The third-order valence-corrected chi connectivity index (χ3v) is 5.54. The van der Waals surface area contributed by atoms with Crippen LogP contribution in [-0.2, 0) is 0 Å². The van der Waals surface area contributed by atoms with Crippen LogP contribution in [-0.4, -0.2) is 65.7 Å². The van der Waals surface area contributed by atoms with Gasteiger partial charge in [0.15, 0.2) is 0 Å². The first-order valence-corrected chi connectivity index (χ1v) is 9.63. The lowest BCUT2D eigenvalue weighted by atomic mass is 10.3. The molecule has 0 amide bonds. The minimum Gasteiger partial charge on any atom is -0.342 e. The molecule has 0 saturated carbocycles. The molecule has 1 aromatic heterocycles. The van der Waals surface area contributed by atoms with Crippen molar-refractivity contribution in [3.63, 3.8) is 0 Å². The molecular formula is C18H22N6S. The second-order valence-corrected chi connectivity index (χ2v) is 7.13. The second kappa shape index (κ2) is 7.84. The van der Waals surface area contributed by atoms with Crippen LogP contribution in [0.5, 0.6) is 0 Å². The number of nitrogens with one attached hydrogen (secondary N) is 1. The van der Waals surface area contributed by atoms with E-state index in [2.05, 4.69) is 49.4 Å². The van der Waals surface area contributed by atoms with E-state index in [1.165, 1.54) is 10.6 Å². The minimum absolute atomic E-state index is 0.837. The molecule has 2 aromatic rings. The summed E-state index contributed by atoms with van der Waals surface area (Å²) in [7, 11) is 0. The molecule has 0 unspecified atom stereocenters. The number of fused-ring (bicyclic) bond motifs is 1. The highest BCUT2D eigenvalue weighted by atomic mass is 32.2. The monoisotopic (exact) mass is 354 g/mol. The average molecular weight is 354 g/mol. The van der Waals surface area contributed by atoms with E-state index >= 15 is 0 Å². The molecule has 3 heterocycles. The summed E-state index contributed by atoms with van der Waals surface area (Å²) in [6.07, 6.45) is 3.61. The van der Waals surface area contributed by atoms with Crippen molar-refractivity contribution in [1.29, 1.82) is 0 Å². The van der Waals surface area contributed by atoms with Crippen LogP contribution in [0.4, 0.5) is 11.6 Å². The first-order valence-electron chi connectivity index (χ1n) is 8.65. The van der Waals surface area contributed by atoms with Crippen molar-refractivity contribution in [2.24, 2.45) is 4.99 Å². The van der Waals surface area contributed by atoms with Crippen LogP contribution < -0.4 is 10.2 Å². The smallest absolute Gasteiger partial charge is 0.225 e. The molecule has 4 rings (SSSR count). The highest BCUT2D eigenvalue weighted by Crippen LogP contribution is 2.30. The number of thioether (sulfide) groups is 1. The van der Waals surface area contributed by atoms with E-state index in [1.807, 2.05) is 17.8 Å². The van der Waals surface area contributed by atoms with Gasteiger partial charge in [0, 0.05) is 50.0 Å². The summed E-state index contributed by atoms with van der Waals surface area (Å²) in [5.41, 5.74) is 1.17. The summed E-state index contributed by atoms with van der Waals surface area (Å²) in [6.45, 7) is 5.86. The molecule has 0 aliphatic carbocycles. The van der Waals surface area contributed by atoms with Crippen molar-refractivity contribution in [2.45, 2.75) is 4.90 Å². The summed E-state index contributed by atoms with van der Waals surface area (Å²) < 4.78 is 0. The maximum Gasteiger partial charge on any atom is 0.225 e. The molecule has 130 valence electrons. The Balaban J connectivity index is 1.24. The number of aromatic nitrogens is 2. The predicted molar refractivity (Wildman–Crippen MR) is 104 cm³/mol. The lowest BCUT2D eigenvalue weighted by Gasteiger charge is -2.34. The number of amidine groups is 1. The van der Waals surface area contributed by atoms with E-state index in [0.717, 1.165) is 56.8 Å². The molecular weight excluding hydrogens is 332 g/mol. The second-order valence-electron chi connectivity index (χ2n) is 6.12. The molecule has 7 heteroatoms. The Hall–Kier alpha value is -2.12. The summed E-state index contributed by atoms with van der Waals surface area (Å²) in [4.78, 5) is 19.4. The number of benzene rings is 1. The van der Waals surface area contributed by atoms with Crippen LogP contribution in [0, 0.1) is 0 Å². The van der Waals surface area contributed by atoms with Crippen LogP contribution in [0.3, 0.4) is 0 Å². The predicted octanol–water partition coefficient (Wildman–Crippen LogP) is 2.21. The van der Waals surface area contributed by atoms with Gasteiger partial charge < -0.3 is 10.2 Å². The van der Waals surface area contributed by atoms with Gasteiger partial charge in [-0.15, -0.1) is 11.8 Å². The Morgan fingerprint density at radius 3 is 2.68 bits per heavy atom. The maximum absolute atomic E-state index is 4.76. The van der Waals surface area contributed by atoms with Crippen molar-refractivity contribution in [2.75, 3.05) is 55.2 Å². The fraction of sp³-hybridized carbons (Fsp3) is 0.389. The van der Waals surface area contributed by atoms with Gasteiger partial charge in [0.25, 0.3) is 0 Å². The van der Waals surface area contributed by atoms with Crippen LogP contribution in [0.2, 0.25) is 0 Å². The Labute approximate surface area is 152 Å². The van der Waals surface area contributed by atoms with E-state index in [4.69, 9.17) is 4.99 Å². The third-order valence-electron chi connectivity index (χ3n) is 4.46. The highest BCUT2D eigenvalue weighted by Gasteiger charge is 2.18. The van der Waals surface area contributed by atoms with Crippen LogP contribution in [0.25, 0.3) is 0 Å². The topological polar surface area (TPSA) is 56.7 Å². The van der Waals surface area contributed by atoms with E-state index in [0.29, 0.717) is 0 Å². The number of aliphatic imine (C=N–C) groups is 1. The molecule has 2 aliphatic rings. The zero-order chi connectivity index (χ0) is 16.9. The van der Waals surface area contributed by atoms with Crippen LogP contribution >= 0.6 is 11.8 Å². The standard InChI is InChI=1S/C18H22N6S/c1-2-5-16-15(4-1)22-17(14-25-16)19-8-9-23-10-12-24(13-11-23)18-20-6-3-7-21-18/h1-7H,8-14H2,(H,19,22). The van der Waals surface area contributed by atoms with Crippen molar-refractivity contribution in [1.82, 2.24) is 14.9 Å². The highest BCUT2D eigenvalue weighted by molar-refractivity contribution is 8.00. The maximum atomic E-state index is 4.76. The number of anilines is 2. The molecule has 0 spiro atoms. The molecule has 6 nitrogen and oxygen atoms in total. The first kappa shape index (κ1) is 16.4. The normalized spacial score (nSPS) is 19.5. The average Bonchev–Trinajstić information content (AvgIpc) is 2.69. The number of para-hydroxylation sites is 1. The number of piperazine rings is 1. The Morgan fingerprint density at radius 1 is 1.04 bits per heavy atom. The van der Waals surface area contributed by atoms with E-state index in [-0.39, 0.29) is 0 Å². The van der Waals surface area contributed by atoms with Crippen molar-refractivity contribution in [3.8, 4) is 0 Å². The van der Waals surface area contributed by atoms with Crippen molar-refractivity contribution in [3.05, 3.63) is 42.7 Å². The molecule has 1 fully saturated rings. The molecule has 0 atom stereocenters. The minimum atomic E-state index is 0.837. The summed E-state index contributed by atoms with van der Waals surface area (Å²) in [5.74, 6) is 2.85. The van der Waals surface area contributed by atoms with Gasteiger partial charge >= 0.3 is 0 Å². The molecule has 0 bridgehead atoms. The van der Waals surface area contributed by atoms with Gasteiger partial charge in [0.05, 0.1) is 18.0 Å². The number of hydrogen-bond donors (Lipinski definition) is 1. The third kappa shape index (κ3) is 4.11. The molecule has 0 radical (unpaired) electrons. The van der Waals surface area contributed by atoms with Gasteiger partial charge in [0.1, 0.15) is 5.84 Å². The SMILES string of the molecule is c1cnc(N2CCN(CCN=C3CSc4ccccc4N3)CC2)nc1. The van der Waals surface area contributed by atoms with E-state index < -0.39 is 0 Å². The Bertz CT molecular complexity index is 727. The van der Waals surface area contributed by atoms with Gasteiger partial charge in [-0.2, -0.15) is 0 Å². The summed E-state index contributed by atoms with van der Waals surface area (Å²) in [5, 5.41) is 3.45. The fourth-order valence-corrected chi connectivity index (χ4v) is 3.98. The zero-order valence-electron chi connectivity index (χ0n) is 14.1. The summed E-state index contributed by atoms with van der Waals surface area (Å²) in [6, 6.07) is 10.3. The van der Waals surface area contributed by atoms with E-state index in [9.17, 15) is 0 Å². The van der Waals surface area contributed by atoms with Gasteiger partial charge in [-0.1, -0.05) is 12.1 Å². The lowest BCUT2D eigenvalue weighted by Crippen LogP contribution is -2.47. The Kier molecular flexibility index (Phi) is 5.13. The fourth-order valence-electron chi connectivity index (χ4n) is 3.07.